The van der Waals surface area contributed by atoms with Crippen LogP contribution in [0.15, 0.2) is 48.9 Å². The van der Waals surface area contributed by atoms with Gasteiger partial charge in [0.2, 0.25) is 0 Å². The first kappa shape index (κ1) is 28.1. The second-order valence-corrected chi connectivity index (χ2v) is 12.3. The molecule has 4 atom stereocenters. The number of pyridine rings is 1. The Hall–Kier alpha value is -4.68. The Balaban J connectivity index is 1.27. The third-order valence-corrected chi connectivity index (χ3v) is 10.8. The zero-order valence-corrected chi connectivity index (χ0v) is 24.2. The van der Waals surface area contributed by atoms with Crippen LogP contribution >= 0.6 is 0 Å². The summed E-state index contributed by atoms with van der Waals surface area (Å²) in [5.74, 6) is 0.0907. The molecule has 228 valence electrons. The number of aliphatic carboxylic acids is 1. The summed E-state index contributed by atoms with van der Waals surface area (Å²) in [4.78, 5) is 38.6. The lowest BCUT2D eigenvalue weighted by Crippen LogP contribution is -2.89. The molecule has 3 fully saturated rings. The van der Waals surface area contributed by atoms with Gasteiger partial charge in [-0.2, -0.15) is 13.2 Å². The van der Waals surface area contributed by atoms with Gasteiger partial charge >= 0.3 is 12.1 Å². The highest BCUT2D eigenvalue weighted by Crippen LogP contribution is 2.87. The molecular formula is C31H29F3N6O4. The molecule has 1 aromatic carbocycles. The van der Waals surface area contributed by atoms with Crippen molar-refractivity contribution in [2.45, 2.75) is 32.4 Å². The van der Waals surface area contributed by atoms with Crippen LogP contribution in [-0.2, 0) is 16.4 Å². The number of ether oxygens (including phenoxy) is 1. The first-order valence-electron chi connectivity index (χ1n) is 14.2. The summed E-state index contributed by atoms with van der Waals surface area (Å²) in [7, 11) is 1.44. The van der Waals surface area contributed by atoms with Gasteiger partial charge in [0, 0.05) is 35.1 Å². The number of nitrogens with one attached hydrogen (secondary N) is 1. The normalized spacial score (nSPS) is 30.0. The van der Waals surface area contributed by atoms with E-state index in [1.54, 1.807) is 18.5 Å². The van der Waals surface area contributed by atoms with Gasteiger partial charge in [0.1, 0.15) is 34.4 Å². The first-order valence-corrected chi connectivity index (χ1v) is 14.2. The van der Waals surface area contributed by atoms with Gasteiger partial charge in [-0.1, -0.05) is 13.8 Å². The maximum absolute atomic E-state index is 13.1. The predicted octanol–water partition coefficient (Wildman–Crippen LogP) is 5.14. The van der Waals surface area contributed by atoms with Crippen molar-refractivity contribution in [1.29, 1.82) is 0 Å². The van der Waals surface area contributed by atoms with Gasteiger partial charge in [-0.3, -0.25) is 14.0 Å². The second-order valence-electron chi connectivity index (χ2n) is 12.3. The summed E-state index contributed by atoms with van der Waals surface area (Å²) >= 11 is 0. The third kappa shape index (κ3) is 3.29. The van der Waals surface area contributed by atoms with Crippen LogP contribution < -0.4 is 15.8 Å². The van der Waals surface area contributed by atoms with Crippen molar-refractivity contribution in [2.24, 2.45) is 35.0 Å². The molecule has 3 heterocycles. The highest BCUT2D eigenvalue weighted by molar-refractivity contribution is 6.04. The molecule has 4 aromatic rings. The number of fused-ring (bicyclic) bond motifs is 1. The van der Waals surface area contributed by atoms with Gasteiger partial charge < -0.3 is 20.9 Å². The number of amides is 1. The maximum atomic E-state index is 13.1. The smallest absolute Gasteiger partial charge is 0.416 e. The van der Waals surface area contributed by atoms with E-state index in [1.165, 1.54) is 19.2 Å². The van der Waals surface area contributed by atoms with Crippen molar-refractivity contribution in [3.8, 4) is 17.0 Å². The van der Waals surface area contributed by atoms with Crippen LogP contribution in [-0.4, -0.2) is 43.4 Å². The summed E-state index contributed by atoms with van der Waals surface area (Å²) in [5, 5.41) is 12.5. The van der Waals surface area contributed by atoms with E-state index < -0.39 is 29.0 Å². The summed E-state index contributed by atoms with van der Waals surface area (Å²) in [6.45, 7) is 6.07. The Labute approximate surface area is 249 Å². The molecule has 0 bridgehead atoms. The number of alkyl halides is 3. The monoisotopic (exact) mass is 606 g/mol. The van der Waals surface area contributed by atoms with E-state index in [9.17, 15) is 27.9 Å². The Morgan fingerprint density at radius 2 is 1.77 bits per heavy atom. The Morgan fingerprint density at radius 1 is 1.07 bits per heavy atom. The lowest BCUT2D eigenvalue weighted by Gasteiger charge is -2.87. The molecule has 1 amide bonds. The van der Waals surface area contributed by atoms with Gasteiger partial charge in [0.05, 0.1) is 18.1 Å². The Kier molecular flexibility index (Phi) is 5.70. The van der Waals surface area contributed by atoms with Crippen molar-refractivity contribution in [2.75, 3.05) is 18.2 Å². The average Bonchev–Trinajstić information content (AvgIpc) is 3.35. The van der Waals surface area contributed by atoms with Crippen LogP contribution in [0.3, 0.4) is 0 Å². The second kappa shape index (κ2) is 8.93. The molecule has 13 heteroatoms. The number of hydrogen-bond donors (Lipinski definition) is 3. The fourth-order valence-corrected chi connectivity index (χ4v) is 9.00. The summed E-state index contributed by atoms with van der Waals surface area (Å²) in [6.07, 6.45) is -0.202. The molecule has 0 saturated heterocycles. The van der Waals surface area contributed by atoms with E-state index >= 15 is 0 Å². The number of carbonyl (C=O) groups excluding carboxylic acids is 1. The number of nitrogen functional groups attached to an aromatic ring is 1. The van der Waals surface area contributed by atoms with E-state index in [4.69, 9.17) is 15.5 Å². The number of rotatable bonds is 6. The Bertz CT molecular complexity index is 1860. The number of hydrogen-bond acceptors (Lipinski definition) is 7. The number of anilines is 2. The molecule has 4 N–H and O–H groups in total. The number of benzene rings is 1. The SMILES string of the molecule is COc1cc(C(=O)Nc2cc(C(F)(F)F)ccn2)ccc1-c1nc(C23C(C)C4C2C(C3C)C4(C)C(=O)O)n2ccnc(N)c12. The van der Waals surface area contributed by atoms with Crippen molar-refractivity contribution >= 4 is 29.0 Å². The van der Waals surface area contributed by atoms with Crippen LogP contribution in [0.25, 0.3) is 16.8 Å². The number of imidazole rings is 1. The number of carbonyl (C=O) groups is 2. The fraction of sp³-hybridized carbons (Fsp3) is 0.387. The maximum Gasteiger partial charge on any atom is 0.416 e. The summed E-state index contributed by atoms with van der Waals surface area (Å²) in [6, 6.07) is 6.22. The van der Waals surface area contributed by atoms with Crippen LogP contribution in [0.5, 0.6) is 5.75 Å². The lowest BCUT2D eigenvalue weighted by molar-refractivity contribution is -0.381. The quantitative estimate of drug-likeness (QED) is 0.274. The number of methoxy groups -OCH3 is 1. The molecule has 0 radical (unpaired) electrons. The minimum absolute atomic E-state index is 0.0508. The molecule has 3 aromatic heterocycles. The van der Waals surface area contributed by atoms with Gasteiger partial charge in [-0.15, -0.1) is 0 Å². The molecule has 0 aliphatic heterocycles. The molecule has 0 spiro atoms. The van der Waals surface area contributed by atoms with Crippen molar-refractivity contribution in [1.82, 2.24) is 19.4 Å². The van der Waals surface area contributed by atoms with Crippen molar-refractivity contribution in [3.05, 3.63) is 65.9 Å². The topological polar surface area (TPSA) is 145 Å². The standard InChI is InChI=1S/C31H29F3N6O4/c1-13-20-22-21(29(20,3)28(42)43)14(2)30(13,22)27-39-23(24-25(35)37-9-10-40(24)27)17-6-5-15(11-18(17)44-4)26(41)38-19-12-16(7-8-36-19)31(32,33)34/h5-14,20-22H,1-4H3,(H2,35,37)(H,42,43)(H,36,38,41). The number of carboxylic acid groups (broad SMARTS) is 1. The lowest BCUT2D eigenvalue weighted by atomic mass is 9.15. The minimum atomic E-state index is -4.58. The molecular weight excluding hydrogens is 577 g/mol. The van der Waals surface area contributed by atoms with E-state index in [2.05, 4.69) is 29.1 Å². The summed E-state index contributed by atoms with van der Waals surface area (Å²) in [5.41, 5.74) is 6.11. The van der Waals surface area contributed by atoms with Crippen molar-refractivity contribution < 1.29 is 32.6 Å². The largest absolute Gasteiger partial charge is 0.496 e. The summed E-state index contributed by atoms with van der Waals surface area (Å²) < 4.78 is 47.0. The average molecular weight is 607 g/mol. The van der Waals surface area contributed by atoms with Crippen LogP contribution in [0.2, 0.25) is 0 Å². The van der Waals surface area contributed by atoms with Gasteiger partial charge in [-0.25, -0.2) is 15.0 Å². The molecule has 3 aliphatic rings. The van der Waals surface area contributed by atoms with Gasteiger partial charge in [-0.05, 0) is 66.8 Å². The molecule has 3 aliphatic carbocycles. The minimum Gasteiger partial charge on any atom is -0.496 e. The molecule has 44 heavy (non-hydrogen) atoms. The van der Waals surface area contributed by atoms with Crippen LogP contribution in [0.1, 0.15) is 42.5 Å². The number of aromatic nitrogens is 4. The molecule has 3 saturated carbocycles. The van der Waals surface area contributed by atoms with Crippen LogP contribution in [0, 0.1) is 35.0 Å². The highest BCUT2D eigenvalue weighted by Gasteiger charge is 2.90. The van der Waals surface area contributed by atoms with E-state index in [0.29, 0.717) is 22.5 Å². The van der Waals surface area contributed by atoms with E-state index in [1.807, 2.05) is 11.3 Å². The zero-order valence-electron chi connectivity index (χ0n) is 24.2. The zero-order chi connectivity index (χ0) is 31.5. The number of nitrogens with zero attached hydrogens (tertiary/aromatic N) is 4. The first-order chi connectivity index (χ1) is 20.8. The number of carboxylic acids is 1. The highest BCUT2D eigenvalue weighted by atomic mass is 19.4. The number of halogens is 3. The molecule has 7 rings (SSSR count). The molecule has 10 nitrogen and oxygen atoms in total. The van der Waals surface area contributed by atoms with E-state index in [0.717, 1.165) is 24.2 Å². The third-order valence-electron chi connectivity index (χ3n) is 10.8. The van der Waals surface area contributed by atoms with Gasteiger partial charge in [0.15, 0.2) is 0 Å². The fourth-order valence-electron chi connectivity index (χ4n) is 9.00. The number of nitrogens with two attached hydrogens (primary N) is 1. The Morgan fingerprint density at radius 3 is 2.39 bits per heavy atom. The predicted molar refractivity (Wildman–Crippen MR) is 153 cm³/mol. The van der Waals surface area contributed by atoms with Gasteiger partial charge in [0.25, 0.3) is 5.91 Å². The van der Waals surface area contributed by atoms with Crippen molar-refractivity contribution in [3.63, 3.8) is 0 Å². The van der Waals surface area contributed by atoms with Crippen LogP contribution in [0.4, 0.5) is 24.8 Å². The molecule has 4 unspecified atom stereocenters. The van der Waals surface area contributed by atoms with E-state index in [-0.39, 0.29) is 52.2 Å².